The molecule has 0 unspecified atom stereocenters. The van der Waals surface area contributed by atoms with E-state index in [9.17, 15) is 0 Å². The Morgan fingerprint density at radius 1 is 1.05 bits per heavy atom. The van der Waals surface area contributed by atoms with Gasteiger partial charge in [-0.2, -0.15) is 0 Å². The van der Waals surface area contributed by atoms with Gasteiger partial charge >= 0.3 is 0 Å². The lowest BCUT2D eigenvalue weighted by atomic mass is 10.1. The Morgan fingerprint density at radius 2 is 1.84 bits per heavy atom. The molecule has 0 saturated carbocycles. The maximum Gasteiger partial charge on any atom is 0.222 e. The van der Waals surface area contributed by atoms with E-state index in [1.165, 1.54) is 5.56 Å². The molecule has 1 aliphatic heterocycles. The topological polar surface area (TPSA) is 56.3 Å². The first kappa shape index (κ1) is 11.8. The van der Waals surface area contributed by atoms with Crippen LogP contribution in [-0.2, 0) is 6.42 Å². The van der Waals surface area contributed by atoms with Gasteiger partial charge in [-0.3, -0.25) is 0 Å². The number of aromatic nitrogens is 2. The zero-order valence-electron chi connectivity index (χ0n) is 10.5. The van der Waals surface area contributed by atoms with Gasteiger partial charge in [0.25, 0.3) is 0 Å². The summed E-state index contributed by atoms with van der Waals surface area (Å²) < 4.78 is 11.1. The maximum absolute atomic E-state index is 5.56. The molecule has 0 amide bonds. The van der Waals surface area contributed by atoms with E-state index >= 15 is 0 Å². The number of nitrogens with zero attached hydrogens (tertiary/aromatic N) is 2. The molecular formula is C14H15N3O2. The minimum atomic E-state index is 0.618. The SMILES string of the molecule is c1cnc(NCCc2ccc3c(c2)OCCO3)nc1. The number of nitrogens with one attached hydrogen (secondary N) is 1. The summed E-state index contributed by atoms with van der Waals surface area (Å²) in [5.74, 6) is 2.31. The predicted molar refractivity (Wildman–Crippen MR) is 71.7 cm³/mol. The van der Waals surface area contributed by atoms with Crippen LogP contribution >= 0.6 is 0 Å². The van der Waals surface area contributed by atoms with Crippen LogP contribution in [0.2, 0.25) is 0 Å². The molecule has 1 aromatic heterocycles. The molecule has 98 valence electrons. The summed E-state index contributed by atoms with van der Waals surface area (Å²) in [6.45, 7) is 2.02. The Balaban J connectivity index is 1.58. The van der Waals surface area contributed by atoms with Gasteiger partial charge in [0.15, 0.2) is 11.5 Å². The van der Waals surface area contributed by atoms with Crippen LogP contribution in [0.1, 0.15) is 5.56 Å². The Bertz CT molecular complexity index is 546. The number of anilines is 1. The van der Waals surface area contributed by atoms with Crippen molar-refractivity contribution in [3.8, 4) is 11.5 Å². The van der Waals surface area contributed by atoms with E-state index in [0.717, 1.165) is 24.5 Å². The van der Waals surface area contributed by atoms with Crippen molar-refractivity contribution < 1.29 is 9.47 Å². The summed E-state index contributed by atoms with van der Waals surface area (Å²) in [6, 6.07) is 7.85. The smallest absolute Gasteiger partial charge is 0.222 e. The third kappa shape index (κ3) is 2.93. The van der Waals surface area contributed by atoms with E-state index in [1.807, 2.05) is 12.1 Å². The second kappa shape index (κ2) is 5.56. The van der Waals surface area contributed by atoms with Crippen LogP contribution in [0.3, 0.4) is 0 Å². The van der Waals surface area contributed by atoms with Crippen molar-refractivity contribution in [2.75, 3.05) is 25.1 Å². The molecule has 5 heteroatoms. The molecule has 0 atom stereocenters. The minimum absolute atomic E-state index is 0.618. The van der Waals surface area contributed by atoms with Crippen LogP contribution in [-0.4, -0.2) is 29.7 Å². The van der Waals surface area contributed by atoms with Crippen molar-refractivity contribution in [1.29, 1.82) is 0 Å². The highest BCUT2D eigenvalue weighted by Crippen LogP contribution is 2.30. The highest BCUT2D eigenvalue weighted by Gasteiger charge is 2.11. The Labute approximate surface area is 111 Å². The number of rotatable bonds is 4. The van der Waals surface area contributed by atoms with Crippen LogP contribution in [0.15, 0.2) is 36.7 Å². The Kier molecular flexibility index (Phi) is 3.45. The minimum Gasteiger partial charge on any atom is -0.486 e. The molecule has 3 rings (SSSR count). The van der Waals surface area contributed by atoms with Gasteiger partial charge in [0.05, 0.1) is 0 Å². The largest absolute Gasteiger partial charge is 0.486 e. The van der Waals surface area contributed by atoms with Crippen LogP contribution in [0.5, 0.6) is 11.5 Å². The zero-order chi connectivity index (χ0) is 12.9. The number of fused-ring (bicyclic) bond motifs is 1. The normalized spacial score (nSPS) is 13.1. The monoisotopic (exact) mass is 257 g/mol. The summed E-state index contributed by atoms with van der Waals surface area (Å²) >= 11 is 0. The average Bonchev–Trinajstić information content (AvgIpc) is 2.48. The number of ether oxygens (including phenoxy) is 2. The molecule has 0 spiro atoms. The van der Waals surface area contributed by atoms with Gasteiger partial charge in [0.2, 0.25) is 5.95 Å². The van der Waals surface area contributed by atoms with E-state index in [4.69, 9.17) is 9.47 Å². The average molecular weight is 257 g/mol. The van der Waals surface area contributed by atoms with Crippen molar-refractivity contribution in [2.45, 2.75) is 6.42 Å². The summed E-state index contributed by atoms with van der Waals surface area (Å²) in [6.07, 6.45) is 4.33. The molecular weight excluding hydrogens is 242 g/mol. The van der Waals surface area contributed by atoms with Gasteiger partial charge in [-0.15, -0.1) is 0 Å². The fraction of sp³-hybridized carbons (Fsp3) is 0.286. The molecule has 0 saturated heterocycles. The molecule has 0 fully saturated rings. The van der Waals surface area contributed by atoms with Crippen molar-refractivity contribution in [1.82, 2.24) is 9.97 Å². The molecule has 2 heterocycles. The third-order valence-electron chi connectivity index (χ3n) is 2.87. The van der Waals surface area contributed by atoms with Gasteiger partial charge in [-0.1, -0.05) is 6.07 Å². The molecule has 1 N–H and O–H groups in total. The molecule has 1 aliphatic rings. The summed E-state index contributed by atoms with van der Waals surface area (Å²) in [7, 11) is 0. The highest BCUT2D eigenvalue weighted by molar-refractivity contribution is 5.44. The lowest BCUT2D eigenvalue weighted by Gasteiger charge is -2.18. The maximum atomic E-state index is 5.56. The lowest BCUT2D eigenvalue weighted by molar-refractivity contribution is 0.171. The summed E-state index contributed by atoms with van der Waals surface area (Å²) in [5, 5.41) is 3.18. The lowest BCUT2D eigenvalue weighted by Crippen LogP contribution is -2.15. The Hall–Kier alpha value is -2.30. The van der Waals surface area contributed by atoms with Gasteiger partial charge in [0, 0.05) is 18.9 Å². The van der Waals surface area contributed by atoms with Crippen molar-refractivity contribution in [3.05, 3.63) is 42.2 Å². The fourth-order valence-electron chi connectivity index (χ4n) is 1.95. The van der Waals surface area contributed by atoms with Gasteiger partial charge < -0.3 is 14.8 Å². The first-order valence-corrected chi connectivity index (χ1v) is 6.31. The standard InChI is InChI=1S/C14H15N3O2/c1-5-15-14(16-6-1)17-7-4-11-2-3-12-13(10-11)19-9-8-18-12/h1-3,5-6,10H,4,7-9H2,(H,15,16,17). The second-order valence-electron chi connectivity index (χ2n) is 4.23. The van der Waals surface area contributed by atoms with Crippen molar-refractivity contribution in [2.24, 2.45) is 0 Å². The van der Waals surface area contributed by atoms with E-state index in [2.05, 4.69) is 21.4 Å². The molecule has 0 radical (unpaired) electrons. The fourth-order valence-corrected chi connectivity index (χ4v) is 1.95. The van der Waals surface area contributed by atoms with Crippen LogP contribution in [0.25, 0.3) is 0 Å². The first-order chi connectivity index (χ1) is 9.42. The highest BCUT2D eigenvalue weighted by atomic mass is 16.6. The van der Waals surface area contributed by atoms with Gasteiger partial charge in [0.1, 0.15) is 13.2 Å². The molecule has 5 nitrogen and oxygen atoms in total. The van der Waals surface area contributed by atoms with Crippen LogP contribution < -0.4 is 14.8 Å². The molecule has 0 aliphatic carbocycles. The summed E-state index contributed by atoms with van der Waals surface area (Å²) in [4.78, 5) is 8.23. The van der Waals surface area contributed by atoms with Crippen molar-refractivity contribution >= 4 is 5.95 Å². The Morgan fingerprint density at radius 3 is 2.68 bits per heavy atom. The molecule has 0 bridgehead atoms. The van der Waals surface area contributed by atoms with Crippen molar-refractivity contribution in [3.63, 3.8) is 0 Å². The number of benzene rings is 1. The predicted octanol–water partition coefficient (Wildman–Crippen LogP) is 1.90. The van der Waals surface area contributed by atoms with Crippen LogP contribution in [0.4, 0.5) is 5.95 Å². The van der Waals surface area contributed by atoms with E-state index < -0.39 is 0 Å². The quantitative estimate of drug-likeness (QED) is 0.906. The zero-order valence-corrected chi connectivity index (χ0v) is 10.5. The molecule has 1 aromatic carbocycles. The first-order valence-electron chi connectivity index (χ1n) is 6.31. The van der Waals surface area contributed by atoms with Crippen LogP contribution in [0, 0.1) is 0 Å². The van der Waals surface area contributed by atoms with Gasteiger partial charge in [-0.05, 0) is 30.2 Å². The molecule has 2 aromatic rings. The van der Waals surface area contributed by atoms with Gasteiger partial charge in [-0.25, -0.2) is 9.97 Å². The number of hydrogen-bond donors (Lipinski definition) is 1. The van der Waals surface area contributed by atoms with E-state index in [-0.39, 0.29) is 0 Å². The third-order valence-corrected chi connectivity index (χ3v) is 2.87. The molecule has 19 heavy (non-hydrogen) atoms. The summed E-state index contributed by atoms with van der Waals surface area (Å²) in [5.41, 5.74) is 1.20. The second-order valence-corrected chi connectivity index (χ2v) is 4.23. The van der Waals surface area contributed by atoms with E-state index in [0.29, 0.717) is 19.2 Å². The number of hydrogen-bond acceptors (Lipinski definition) is 5. The van der Waals surface area contributed by atoms with E-state index in [1.54, 1.807) is 18.5 Å².